The fourth-order valence-electron chi connectivity index (χ4n) is 2.75. The van der Waals surface area contributed by atoms with E-state index in [1.54, 1.807) is 0 Å². The van der Waals surface area contributed by atoms with E-state index >= 15 is 0 Å². The van der Waals surface area contributed by atoms with Gasteiger partial charge in [-0.15, -0.1) is 6.58 Å². The maximum absolute atomic E-state index is 5.95. The standard InChI is InChI=1S/C16H23N/c1-3-10-16(2,12-17)15-9-8-13-6-4-5-7-14(13)11-15/h3,8-9,11H,1,4-7,10,12,17H2,2H3. The maximum Gasteiger partial charge on any atom is 0.00817 e. The Morgan fingerprint density at radius 1 is 1.29 bits per heavy atom. The van der Waals surface area contributed by atoms with E-state index in [0.29, 0.717) is 6.54 Å². The van der Waals surface area contributed by atoms with Crippen LogP contribution in [-0.2, 0) is 18.3 Å². The summed E-state index contributed by atoms with van der Waals surface area (Å²) >= 11 is 0. The van der Waals surface area contributed by atoms with Crippen molar-refractivity contribution in [2.45, 2.75) is 44.4 Å². The molecule has 2 N–H and O–H groups in total. The number of fused-ring (bicyclic) bond motifs is 1. The minimum Gasteiger partial charge on any atom is -0.330 e. The Morgan fingerprint density at radius 3 is 2.65 bits per heavy atom. The first kappa shape index (κ1) is 12.4. The SMILES string of the molecule is C=CCC(C)(CN)c1ccc2c(c1)CCCC2. The van der Waals surface area contributed by atoms with Crippen LogP contribution in [0.15, 0.2) is 30.9 Å². The lowest BCUT2D eigenvalue weighted by Crippen LogP contribution is -2.31. The zero-order valence-electron chi connectivity index (χ0n) is 10.8. The molecular formula is C16H23N. The lowest BCUT2D eigenvalue weighted by atomic mass is 9.77. The molecule has 1 atom stereocenters. The van der Waals surface area contributed by atoms with E-state index in [0.717, 1.165) is 6.42 Å². The van der Waals surface area contributed by atoms with Crippen molar-refractivity contribution < 1.29 is 0 Å². The van der Waals surface area contributed by atoms with Crippen LogP contribution < -0.4 is 5.73 Å². The predicted molar refractivity (Wildman–Crippen MR) is 74.3 cm³/mol. The third kappa shape index (κ3) is 2.44. The topological polar surface area (TPSA) is 26.0 Å². The van der Waals surface area contributed by atoms with Gasteiger partial charge in [0, 0.05) is 12.0 Å². The Balaban J connectivity index is 2.35. The zero-order chi connectivity index (χ0) is 12.3. The number of benzene rings is 1. The molecule has 0 radical (unpaired) electrons. The summed E-state index contributed by atoms with van der Waals surface area (Å²) in [5, 5.41) is 0. The number of aryl methyl sites for hydroxylation is 2. The highest BCUT2D eigenvalue weighted by Gasteiger charge is 2.24. The Labute approximate surface area is 105 Å². The summed E-state index contributed by atoms with van der Waals surface area (Å²) in [6, 6.07) is 6.95. The third-order valence-electron chi connectivity index (χ3n) is 4.09. The van der Waals surface area contributed by atoms with Crippen molar-refractivity contribution in [3.05, 3.63) is 47.5 Å². The molecule has 0 spiro atoms. The number of hydrogen-bond acceptors (Lipinski definition) is 1. The van der Waals surface area contributed by atoms with E-state index in [-0.39, 0.29) is 5.41 Å². The smallest absolute Gasteiger partial charge is 0.00817 e. The third-order valence-corrected chi connectivity index (χ3v) is 4.09. The van der Waals surface area contributed by atoms with Gasteiger partial charge in [0.25, 0.3) is 0 Å². The maximum atomic E-state index is 5.95. The van der Waals surface area contributed by atoms with Crippen LogP contribution in [0, 0.1) is 0 Å². The Morgan fingerprint density at radius 2 is 2.00 bits per heavy atom. The molecule has 1 heteroatoms. The van der Waals surface area contributed by atoms with Crippen molar-refractivity contribution in [1.82, 2.24) is 0 Å². The minimum absolute atomic E-state index is 0.0498. The van der Waals surface area contributed by atoms with Gasteiger partial charge < -0.3 is 5.73 Å². The van der Waals surface area contributed by atoms with Gasteiger partial charge in [-0.05, 0) is 48.8 Å². The lowest BCUT2D eigenvalue weighted by molar-refractivity contribution is 0.490. The Hall–Kier alpha value is -1.08. The molecule has 1 aliphatic rings. The molecule has 0 bridgehead atoms. The summed E-state index contributed by atoms with van der Waals surface area (Å²) in [4.78, 5) is 0. The van der Waals surface area contributed by atoms with Crippen molar-refractivity contribution in [2.24, 2.45) is 5.73 Å². The highest BCUT2D eigenvalue weighted by Crippen LogP contribution is 2.31. The van der Waals surface area contributed by atoms with Crippen molar-refractivity contribution in [1.29, 1.82) is 0 Å². The van der Waals surface area contributed by atoms with Crippen LogP contribution in [0.25, 0.3) is 0 Å². The van der Waals surface area contributed by atoms with E-state index in [1.807, 2.05) is 6.08 Å². The van der Waals surface area contributed by atoms with Gasteiger partial charge in [0.05, 0.1) is 0 Å². The number of rotatable bonds is 4. The van der Waals surface area contributed by atoms with Gasteiger partial charge in [0.15, 0.2) is 0 Å². The van der Waals surface area contributed by atoms with Gasteiger partial charge in [-0.2, -0.15) is 0 Å². The van der Waals surface area contributed by atoms with Crippen LogP contribution in [0.5, 0.6) is 0 Å². The normalized spacial score (nSPS) is 18.2. The molecule has 0 heterocycles. The molecule has 1 unspecified atom stereocenters. The monoisotopic (exact) mass is 229 g/mol. The fraction of sp³-hybridized carbons (Fsp3) is 0.500. The molecule has 0 amide bonds. The average molecular weight is 229 g/mol. The lowest BCUT2D eigenvalue weighted by Gasteiger charge is -2.29. The minimum atomic E-state index is 0.0498. The molecule has 17 heavy (non-hydrogen) atoms. The van der Waals surface area contributed by atoms with E-state index in [4.69, 9.17) is 5.73 Å². The summed E-state index contributed by atoms with van der Waals surface area (Å²) in [5.41, 5.74) is 10.5. The molecule has 1 aromatic carbocycles. The highest BCUT2D eigenvalue weighted by atomic mass is 14.6. The Bertz CT molecular complexity index is 408. The first-order chi connectivity index (χ1) is 8.19. The quantitative estimate of drug-likeness (QED) is 0.787. The second-order valence-electron chi connectivity index (χ2n) is 5.45. The molecule has 0 aliphatic heterocycles. The first-order valence-corrected chi connectivity index (χ1v) is 6.63. The molecule has 1 nitrogen and oxygen atoms in total. The summed E-state index contributed by atoms with van der Waals surface area (Å²) < 4.78 is 0. The van der Waals surface area contributed by atoms with Crippen molar-refractivity contribution in [3.8, 4) is 0 Å². The van der Waals surface area contributed by atoms with E-state index in [2.05, 4.69) is 31.7 Å². The summed E-state index contributed by atoms with van der Waals surface area (Å²) in [7, 11) is 0. The zero-order valence-corrected chi connectivity index (χ0v) is 10.8. The van der Waals surface area contributed by atoms with Gasteiger partial charge in [0.1, 0.15) is 0 Å². The van der Waals surface area contributed by atoms with Crippen LogP contribution in [0.2, 0.25) is 0 Å². The van der Waals surface area contributed by atoms with Crippen molar-refractivity contribution >= 4 is 0 Å². The van der Waals surface area contributed by atoms with E-state index in [1.165, 1.54) is 42.4 Å². The first-order valence-electron chi connectivity index (χ1n) is 6.63. The van der Waals surface area contributed by atoms with Crippen LogP contribution >= 0.6 is 0 Å². The molecule has 2 rings (SSSR count). The second-order valence-corrected chi connectivity index (χ2v) is 5.45. The van der Waals surface area contributed by atoms with Crippen LogP contribution in [0.3, 0.4) is 0 Å². The van der Waals surface area contributed by atoms with Crippen LogP contribution in [0.1, 0.15) is 42.9 Å². The van der Waals surface area contributed by atoms with Crippen molar-refractivity contribution in [2.75, 3.05) is 6.54 Å². The Kier molecular flexibility index (Phi) is 3.68. The predicted octanol–water partition coefficient (Wildman–Crippen LogP) is 3.36. The molecule has 92 valence electrons. The van der Waals surface area contributed by atoms with Crippen LogP contribution in [0.4, 0.5) is 0 Å². The molecule has 0 fully saturated rings. The summed E-state index contributed by atoms with van der Waals surface area (Å²) in [6.45, 7) is 6.76. The highest BCUT2D eigenvalue weighted by molar-refractivity contribution is 5.37. The van der Waals surface area contributed by atoms with Gasteiger partial charge in [-0.25, -0.2) is 0 Å². The van der Waals surface area contributed by atoms with Crippen molar-refractivity contribution in [3.63, 3.8) is 0 Å². The number of hydrogen-bond donors (Lipinski definition) is 1. The van der Waals surface area contributed by atoms with Crippen LogP contribution in [-0.4, -0.2) is 6.54 Å². The second kappa shape index (κ2) is 5.05. The molecule has 0 saturated carbocycles. The summed E-state index contributed by atoms with van der Waals surface area (Å²) in [5.74, 6) is 0. The van der Waals surface area contributed by atoms with Gasteiger partial charge in [-0.1, -0.05) is 31.2 Å². The van der Waals surface area contributed by atoms with Gasteiger partial charge in [0.2, 0.25) is 0 Å². The van der Waals surface area contributed by atoms with E-state index < -0.39 is 0 Å². The molecule has 0 saturated heterocycles. The molecular weight excluding hydrogens is 206 g/mol. The largest absolute Gasteiger partial charge is 0.330 e. The molecule has 1 aliphatic carbocycles. The summed E-state index contributed by atoms with van der Waals surface area (Å²) in [6.07, 6.45) is 8.08. The fourth-order valence-corrected chi connectivity index (χ4v) is 2.75. The van der Waals surface area contributed by atoms with E-state index in [9.17, 15) is 0 Å². The number of nitrogens with two attached hydrogens (primary N) is 1. The molecule has 0 aromatic heterocycles. The van der Waals surface area contributed by atoms with Gasteiger partial charge >= 0.3 is 0 Å². The number of allylic oxidation sites excluding steroid dienone is 1. The molecule has 1 aromatic rings. The van der Waals surface area contributed by atoms with Gasteiger partial charge in [-0.3, -0.25) is 0 Å². The average Bonchev–Trinajstić information content (AvgIpc) is 2.38.